The Labute approximate surface area is 70.1 Å². The van der Waals surface area contributed by atoms with Crippen molar-refractivity contribution in [2.45, 2.75) is 6.92 Å². The van der Waals surface area contributed by atoms with E-state index in [1.807, 2.05) is 31.2 Å². The zero-order chi connectivity index (χ0) is 8.55. The molecule has 2 aromatic rings. The molecule has 0 spiro atoms. The Bertz CT molecular complexity index is 406. The smallest absolute Gasteiger partial charge is 0.208 e. The summed E-state index contributed by atoms with van der Waals surface area (Å²) in [5.41, 5.74) is 4.49. The normalized spacial score (nSPS) is 10.5. The maximum Gasteiger partial charge on any atom is 0.208 e. The van der Waals surface area contributed by atoms with E-state index in [4.69, 9.17) is 10.3 Å². The summed E-state index contributed by atoms with van der Waals surface area (Å²) in [6.45, 7) is 2.01. The molecule has 62 valence electrons. The van der Waals surface area contributed by atoms with E-state index < -0.39 is 0 Å². The van der Waals surface area contributed by atoms with E-state index in [1.54, 1.807) is 0 Å². The maximum absolute atomic E-state index is 5.41. The molecule has 0 radical (unpaired) electrons. The average Bonchev–Trinajstić information content (AvgIpc) is 2.49. The minimum atomic E-state index is 0.597. The minimum Gasteiger partial charge on any atom is -0.439 e. The summed E-state index contributed by atoms with van der Waals surface area (Å²) in [6.07, 6.45) is 0. The summed E-state index contributed by atoms with van der Waals surface area (Å²) in [6, 6.07) is 7.87. The highest BCUT2D eigenvalue weighted by molar-refractivity contribution is 5.83. The van der Waals surface area contributed by atoms with Crippen LogP contribution in [0.15, 0.2) is 28.7 Å². The Morgan fingerprint density at radius 2 is 2.25 bits per heavy atom. The maximum atomic E-state index is 5.41. The van der Waals surface area contributed by atoms with Crippen molar-refractivity contribution >= 4 is 16.9 Å². The van der Waals surface area contributed by atoms with Crippen molar-refractivity contribution in [1.29, 1.82) is 0 Å². The Kier molecular flexibility index (Phi) is 1.52. The van der Waals surface area contributed by atoms with E-state index in [2.05, 4.69) is 5.43 Å². The van der Waals surface area contributed by atoms with Gasteiger partial charge >= 0.3 is 0 Å². The van der Waals surface area contributed by atoms with E-state index in [0.717, 1.165) is 16.5 Å². The van der Waals surface area contributed by atoms with E-state index in [9.17, 15) is 0 Å². The molecule has 12 heavy (non-hydrogen) atoms. The highest BCUT2D eigenvalue weighted by Crippen LogP contribution is 2.24. The molecular weight excluding hydrogens is 152 g/mol. The van der Waals surface area contributed by atoms with Crippen LogP contribution in [0.2, 0.25) is 0 Å². The number of fused-ring (bicyclic) bond motifs is 1. The van der Waals surface area contributed by atoms with Crippen molar-refractivity contribution in [1.82, 2.24) is 0 Å². The highest BCUT2D eigenvalue weighted by Gasteiger charge is 2.02. The van der Waals surface area contributed by atoms with Gasteiger partial charge in [0, 0.05) is 11.5 Å². The lowest BCUT2D eigenvalue weighted by Crippen LogP contribution is -2.04. The zero-order valence-corrected chi connectivity index (χ0v) is 6.79. The number of benzene rings is 1. The number of rotatable bonds is 1. The second-order valence-electron chi connectivity index (χ2n) is 2.75. The van der Waals surface area contributed by atoms with Crippen LogP contribution in [-0.2, 0) is 0 Å². The van der Waals surface area contributed by atoms with E-state index in [0.29, 0.717) is 5.88 Å². The lowest BCUT2D eigenvalue weighted by molar-refractivity contribution is 0.626. The largest absolute Gasteiger partial charge is 0.439 e. The van der Waals surface area contributed by atoms with Gasteiger partial charge < -0.3 is 4.42 Å². The highest BCUT2D eigenvalue weighted by atomic mass is 16.4. The lowest BCUT2D eigenvalue weighted by Gasteiger charge is -1.92. The molecule has 0 aliphatic rings. The topological polar surface area (TPSA) is 51.2 Å². The first kappa shape index (κ1) is 7.18. The molecule has 0 aliphatic carbocycles. The van der Waals surface area contributed by atoms with Crippen LogP contribution in [0.5, 0.6) is 0 Å². The fraction of sp³-hybridized carbons (Fsp3) is 0.111. The van der Waals surface area contributed by atoms with Crippen molar-refractivity contribution in [3.8, 4) is 0 Å². The second kappa shape index (κ2) is 2.53. The molecule has 1 aromatic carbocycles. The van der Waals surface area contributed by atoms with Gasteiger partial charge in [-0.05, 0) is 12.5 Å². The summed E-state index contributed by atoms with van der Waals surface area (Å²) < 4.78 is 5.41. The van der Waals surface area contributed by atoms with Crippen LogP contribution in [-0.4, -0.2) is 0 Å². The van der Waals surface area contributed by atoms with Gasteiger partial charge in [-0.3, -0.25) is 5.43 Å². The molecule has 0 amide bonds. The molecule has 3 N–H and O–H groups in total. The zero-order valence-electron chi connectivity index (χ0n) is 6.79. The van der Waals surface area contributed by atoms with Gasteiger partial charge in [-0.1, -0.05) is 18.2 Å². The van der Waals surface area contributed by atoms with Crippen LogP contribution in [0.4, 0.5) is 5.88 Å². The Hall–Kier alpha value is -1.48. The van der Waals surface area contributed by atoms with E-state index in [-0.39, 0.29) is 0 Å². The predicted molar refractivity (Wildman–Crippen MR) is 48.8 cm³/mol. The van der Waals surface area contributed by atoms with Crippen molar-refractivity contribution in [2.24, 2.45) is 5.84 Å². The van der Waals surface area contributed by atoms with Crippen LogP contribution >= 0.6 is 0 Å². The summed E-state index contributed by atoms with van der Waals surface area (Å²) in [5.74, 6) is 5.82. The minimum absolute atomic E-state index is 0.597. The number of hydrogen-bond donors (Lipinski definition) is 2. The van der Waals surface area contributed by atoms with Crippen LogP contribution < -0.4 is 11.3 Å². The molecule has 0 saturated carbocycles. The molecule has 2 rings (SSSR count). The van der Waals surface area contributed by atoms with Gasteiger partial charge in [0.05, 0.1) is 0 Å². The first-order chi connectivity index (χ1) is 5.81. The molecule has 0 unspecified atom stereocenters. The Morgan fingerprint density at radius 3 is 2.92 bits per heavy atom. The number of furan rings is 1. The second-order valence-corrected chi connectivity index (χ2v) is 2.75. The molecule has 0 aliphatic heterocycles. The van der Waals surface area contributed by atoms with Crippen LogP contribution in [0.3, 0.4) is 0 Å². The summed E-state index contributed by atoms with van der Waals surface area (Å²) in [7, 11) is 0. The summed E-state index contributed by atoms with van der Waals surface area (Å²) >= 11 is 0. The standard InChI is InChI=1S/C9H10N2O/c1-6-3-2-4-7-5-8(11-10)12-9(6)7/h2-5,11H,10H2,1H3. The molecule has 0 saturated heterocycles. The van der Waals surface area contributed by atoms with Crippen LogP contribution in [0.1, 0.15) is 5.56 Å². The fourth-order valence-electron chi connectivity index (χ4n) is 1.28. The van der Waals surface area contributed by atoms with Crippen LogP contribution in [0, 0.1) is 6.92 Å². The number of hydrazine groups is 1. The first-order valence-corrected chi connectivity index (χ1v) is 3.77. The van der Waals surface area contributed by atoms with Gasteiger partial charge in [0.2, 0.25) is 5.88 Å². The number of para-hydroxylation sites is 1. The van der Waals surface area contributed by atoms with E-state index in [1.165, 1.54) is 0 Å². The quantitative estimate of drug-likeness (QED) is 0.498. The Balaban J connectivity index is 2.74. The SMILES string of the molecule is Cc1cccc2cc(NN)oc12. The molecule has 1 heterocycles. The lowest BCUT2D eigenvalue weighted by atomic mass is 10.2. The molecule has 3 nitrogen and oxygen atoms in total. The van der Waals surface area contributed by atoms with Crippen molar-refractivity contribution < 1.29 is 4.42 Å². The molecule has 0 fully saturated rings. The average molecular weight is 162 g/mol. The number of nitrogen functional groups attached to an aromatic ring is 1. The van der Waals surface area contributed by atoms with Crippen LogP contribution in [0.25, 0.3) is 11.0 Å². The fourth-order valence-corrected chi connectivity index (χ4v) is 1.28. The molecule has 1 aromatic heterocycles. The third-order valence-corrected chi connectivity index (χ3v) is 1.88. The number of anilines is 1. The number of aryl methyl sites for hydroxylation is 1. The predicted octanol–water partition coefficient (Wildman–Crippen LogP) is 2.03. The van der Waals surface area contributed by atoms with Crippen molar-refractivity contribution in [3.63, 3.8) is 0 Å². The van der Waals surface area contributed by atoms with Gasteiger partial charge in [-0.15, -0.1) is 0 Å². The molecule has 0 atom stereocenters. The third kappa shape index (κ3) is 0.950. The first-order valence-electron chi connectivity index (χ1n) is 3.77. The molecule has 0 bridgehead atoms. The van der Waals surface area contributed by atoms with E-state index >= 15 is 0 Å². The monoisotopic (exact) mass is 162 g/mol. The third-order valence-electron chi connectivity index (χ3n) is 1.88. The number of nitrogens with one attached hydrogen (secondary N) is 1. The van der Waals surface area contributed by atoms with Crippen molar-refractivity contribution in [2.75, 3.05) is 5.43 Å². The summed E-state index contributed by atoms with van der Waals surface area (Å²) in [4.78, 5) is 0. The van der Waals surface area contributed by atoms with Gasteiger partial charge in [-0.25, -0.2) is 5.84 Å². The van der Waals surface area contributed by atoms with Gasteiger partial charge in [0.1, 0.15) is 5.58 Å². The van der Waals surface area contributed by atoms with Gasteiger partial charge in [-0.2, -0.15) is 0 Å². The molecular formula is C9H10N2O. The molecule has 3 heteroatoms. The number of nitrogens with two attached hydrogens (primary N) is 1. The van der Waals surface area contributed by atoms with Gasteiger partial charge in [0.25, 0.3) is 0 Å². The Morgan fingerprint density at radius 1 is 1.42 bits per heavy atom. The van der Waals surface area contributed by atoms with Gasteiger partial charge in [0.15, 0.2) is 0 Å². The number of hydrogen-bond acceptors (Lipinski definition) is 3. The summed E-state index contributed by atoms with van der Waals surface area (Å²) in [5, 5.41) is 1.07. The van der Waals surface area contributed by atoms with Crippen molar-refractivity contribution in [3.05, 3.63) is 29.8 Å².